The summed E-state index contributed by atoms with van der Waals surface area (Å²) in [6.45, 7) is 3.16. The lowest BCUT2D eigenvalue weighted by atomic mass is 10.2. The van der Waals surface area contributed by atoms with Crippen molar-refractivity contribution in [3.63, 3.8) is 0 Å². The second-order valence-corrected chi connectivity index (χ2v) is 4.61. The quantitative estimate of drug-likeness (QED) is 0.710. The van der Waals surface area contributed by atoms with Crippen LogP contribution >= 0.6 is 11.6 Å². The fourth-order valence-electron chi connectivity index (χ4n) is 1.34. The molecule has 0 saturated carbocycles. The minimum atomic E-state index is -0.647. The largest absolute Gasteiger partial charge is 0.343 e. The summed E-state index contributed by atoms with van der Waals surface area (Å²) in [4.78, 5) is 23.2. The highest BCUT2D eigenvalue weighted by molar-refractivity contribution is 6.17. The number of carbonyl (C=O) groups excluding carboxylic acids is 2. The van der Waals surface area contributed by atoms with Gasteiger partial charge < -0.3 is 16.4 Å². The Morgan fingerprint density at radius 2 is 1.79 bits per heavy atom. The fourth-order valence-corrected chi connectivity index (χ4v) is 1.52. The van der Waals surface area contributed by atoms with Crippen molar-refractivity contribution in [1.82, 2.24) is 5.32 Å². The van der Waals surface area contributed by atoms with E-state index in [2.05, 4.69) is 10.6 Å². The number of hydrogen-bond donors (Lipinski definition) is 3. The lowest BCUT2D eigenvalue weighted by Crippen LogP contribution is -2.47. The topological polar surface area (TPSA) is 84.2 Å². The number of alkyl halides is 1. The fraction of sp³-hybridized carbons (Fsp3) is 0.385. The molecule has 0 bridgehead atoms. The van der Waals surface area contributed by atoms with Crippen molar-refractivity contribution in [2.75, 3.05) is 5.32 Å². The average molecular weight is 284 g/mol. The SMILES string of the molecule is CC(NC(=O)[C@H](C)N)C(=O)Nc1ccc(CCl)cc1. The molecule has 104 valence electrons. The van der Waals surface area contributed by atoms with Crippen molar-refractivity contribution in [3.8, 4) is 0 Å². The third kappa shape index (κ3) is 4.89. The van der Waals surface area contributed by atoms with Crippen molar-refractivity contribution in [2.45, 2.75) is 31.8 Å². The van der Waals surface area contributed by atoms with E-state index in [9.17, 15) is 9.59 Å². The van der Waals surface area contributed by atoms with E-state index in [1.165, 1.54) is 0 Å². The predicted octanol–water partition coefficient (Wildman–Crippen LogP) is 1.22. The van der Waals surface area contributed by atoms with Crippen LogP contribution in [0.2, 0.25) is 0 Å². The molecule has 0 spiro atoms. The first-order chi connectivity index (χ1) is 8.93. The zero-order valence-electron chi connectivity index (χ0n) is 10.9. The molecule has 2 atom stereocenters. The van der Waals surface area contributed by atoms with Crippen LogP contribution in [0.15, 0.2) is 24.3 Å². The van der Waals surface area contributed by atoms with Gasteiger partial charge in [-0.05, 0) is 31.5 Å². The van der Waals surface area contributed by atoms with Crippen LogP contribution in [0, 0.1) is 0 Å². The third-order valence-corrected chi connectivity index (χ3v) is 2.85. The molecule has 19 heavy (non-hydrogen) atoms. The maximum Gasteiger partial charge on any atom is 0.246 e. The Kier molecular flexibility index (Phi) is 5.79. The minimum absolute atomic E-state index is 0.298. The molecule has 5 nitrogen and oxygen atoms in total. The first-order valence-corrected chi connectivity index (χ1v) is 6.49. The van der Waals surface area contributed by atoms with Crippen molar-refractivity contribution >= 4 is 29.1 Å². The van der Waals surface area contributed by atoms with Crippen LogP contribution in [0.4, 0.5) is 5.69 Å². The van der Waals surface area contributed by atoms with Gasteiger partial charge in [-0.1, -0.05) is 12.1 Å². The lowest BCUT2D eigenvalue weighted by Gasteiger charge is -2.15. The van der Waals surface area contributed by atoms with E-state index in [1.807, 2.05) is 12.1 Å². The van der Waals surface area contributed by atoms with Crippen molar-refractivity contribution in [3.05, 3.63) is 29.8 Å². The smallest absolute Gasteiger partial charge is 0.246 e. The van der Waals surface area contributed by atoms with Gasteiger partial charge in [-0.15, -0.1) is 11.6 Å². The highest BCUT2D eigenvalue weighted by Crippen LogP contribution is 2.11. The van der Waals surface area contributed by atoms with Gasteiger partial charge in [-0.2, -0.15) is 0 Å². The number of nitrogens with one attached hydrogen (secondary N) is 2. The Bertz CT molecular complexity index is 446. The van der Waals surface area contributed by atoms with Crippen LogP contribution in [0.5, 0.6) is 0 Å². The Morgan fingerprint density at radius 1 is 1.21 bits per heavy atom. The molecule has 0 radical (unpaired) electrons. The summed E-state index contributed by atoms with van der Waals surface area (Å²) in [6, 6.07) is 5.89. The van der Waals surface area contributed by atoms with Gasteiger partial charge in [0.1, 0.15) is 6.04 Å². The number of amides is 2. The van der Waals surface area contributed by atoms with Crippen LogP contribution < -0.4 is 16.4 Å². The molecule has 0 heterocycles. The van der Waals surface area contributed by atoms with E-state index in [-0.39, 0.29) is 11.8 Å². The number of carbonyl (C=O) groups is 2. The van der Waals surface area contributed by atoms with E-state index in [0.29, 0.717) is 11.6 Å². The number of hydrogen-bond acceptors (Lipinski definition) is 3. The van der Waals surface area contributed by atoms with Crippen LogP contribution in [-0.2, 0) is 15.5 Å². The van der Waals surface area contributed by atoms with Crippen molar-refractivity contribution in [2.24, 2.45) is 5.73 Å². The summed E-state index contributed by atoms with van der Waals surface area (Å²) in [6.07, 6.45) is 0. The maximum atomic E-state index is 11.8. The molecule has 4 N–H and O–H groups in total. The summed E-state index contributed by atoms with van der Waals surface area (Å²) in [7, 11) is 0. The number of rotatable bonds is 5. The van der Waals surface area contributed by atoms with Gasteiger partial charge in [0.05, 0.1) is 6.04 Å². The summed E-state index contributed by atoms with van der Waals surface area (Å²) < 4.78 is 0. The lowest BCUT2D eigenvalue weighted by molar-refractivity contribution is -0.126. The Balaban J connectivity index is 2.55. The molecule has 1 unspecified atom stereocenters. The summed E-state index contributed by atoms with van der Waals surface area (Å²) >= 11 is 5.68. The average Bonchev–Trinajstić information content (AvgIpc) is 2.39. The number of anilines is 1. The molecule has 1 rings (SSSR count). The molecule has 0 saturated heterocycles. The molecule has 0 aliphatic heterocycles. The maximum absolute atomic E-state index is 11.8. The molecule has 1 aromatic rings. The van der Waals surface area contributed by atoms with Gasteiger partial charge in [-0.3, -0.25) is 9.59 Å². The van der Waals surface area contributed by atoms with Gasteiger partial charge in [-0.25, -0.2) is 0 Å². The normalized spacial score (nSPS) is 13.5. The summed E-state index contributed by atoms with van der Waals surface area (Å²) in [5, 5.41) is 5.22. The van der Waals surface area contributed by atoms with Crippen molar-refractivity contribution in [1.29, 1.82) is 0 Å². The van der Waals surface area contributed by atoms with Gasteiger partial charge in [0, 0.05) is 11.6 Å². The Morgan fingerprint density at radius 3 is 2.26 bits per heavy atom. The van der Waals surface area contributed by atoms with Crippen molar-refractivity contribution < 1.29 is 9.59 Å². The van der Waals surface area contributed by atoms with Crippen LogP contribution in [-0.4, -0.2) is 23.9 Å². The minimum Gasteiger partial charge on any atom is -0.343 e. The molecular formula is C13H18ClN3O2. The van der Waals surface area contributed by atoms with Gasteiger partial charge in [0.2, 0.25) is 11.8 Å². The van der Waals surface area contributed by atoms with E-state index < -0.39 is 12.1 Å². The molecular weight excluding hydrogens is 266 g/mol. The third-order valence-electron chi connectivity index (χ3n) is 2.54. The first-order valence-electron chi connectivity index (χ1n) is 5.95. The summed E-state index contributed by atoms with van der Waals surface area (Å²) in [5.41, 5.74) is 7.04. The number of nitrogens with two attached hydrogens (primary N) is 1. The number of benzene rings is 1. The van der Waals surface area contributed by atoms with Gasteiger partial charge in [0.15, 0.2) is 0 Å². The molecule has 6 heteroatoms. The predicted molar refractivity (Wildman–Crippen MR) is 75.9 cm³/mol. The zero-order valence-corrected chi connectivity index (χ0v) is 11.7. The molecule has 1 aromatic carbocycles. The highest BCUT2D eigenvalue weighted by Gasteiger charge is 2.17. The van der Waals surface area contributed by atoms with E-state index in [0.717, 1.165) is 5.56 Å². The number of halogens is 1. The van der Waals surface area contributed by atoms with Gasteiger partial charge in [0.25, 0.3) is 0 Å². The van der Waals surface area contributed by atoms with Crippen LogP contribution in [0.3, 0.4) is 0 Å². The Hall–Kier alpha value is -1.59. The molecule has 0 fully saturated rings. The van der Waals surface area contributed by atoms with Gasteiger partial charge >= 0.3 is 0 Å². The highest BCUT2D eigenvalue weighted by atomic mass is 35.5. The van der Waals surface area contributed by atoms with Crippen LogP contribution in [0.25, 0.3) is 0 Å². The van der Waals surface area contributed by atoms with E-state index >= 15 is 0 Å². The second-order valence-electron chi connectivity index (χ2n) is 4.34. The standard InChI is InChI=1S/C13H18ClN3O2/c1-8(15)12(18)16-9(2)13(19)17-11-5-3-10(7-14)4-6-11/h3-6,8-9H,7,15H2,1-2H3,(H,16,18)(H,17,19)/t8-,9?/m0/s1. The molecule has 0 aliphatic carbocycles. The first kappa shape index (κ1) is 15.5. The monoisotopic (exact) mass is 283 g/mol. The molecule has 0 aliphatic rings. The summed E-state index contributed by atoms with van der Waals surface area (Å²) in [5.74, 6) is -0.234. The Labute approximate surface area is 117 Å². The zero-order chi connectivity index (χ0) is 14.4. The molecule has 0 aromatic heterocycles. The second kappa shape index (κ2) is 7.11. The van der Waals surface area contributed by atoms with E-state index in [1.54, 1.807) is 26.0 Å². The van der Waals surface area contributed by atoms with E-state index in [4.69, 9.17) is 17.3 Å². The van der Waals surface area contributed by atoms with Crippen LogP contribution in [0.1, 0.15) is 19.4 Å². The molecule has 2 amide bonds.